The highest BCUT2D eigenvalue weighted by molar-refractivity contribution is 5.79. The normalized spacial score (nSPS) is 28.0. The first-order valence-electron chi connectivity index (χ1n) is 15.8. The molecule has 0 bridgehead atoms. The molecule has 4 rings (SSSR count). The second-order valence-electron chi connectivity index (χ2n) is 12.1. The molecule has 238 valence electrons. The van der Waals surface area contributed by atoms with Crippen molar-refractivity contribution in [3.63, 3.8) is 0 Å². The Morgan fingerprint density at radius 1 is 0.756 bits per heavy atom. The third-order valence-electron chi connectivity index (χ3n) is 9.20. The lowest BCUT2D eigenvalue weighted by molar-refractivity contribution is -0.909. The molecule has 9 nitrogen and oxygen atoms in total. The molecule has 4 fully saturated rings. The zero-order valence-electron chi connectivity index (χ0n) is 26.0. The minimum atomic E-state index is -0.0376. The molecule has 0 unspecified atom stereocenters. The topological polar surface area (TPSA) is 116 Å². The lowest BCUT2D eigenvalue weighted by atomic mass is 9.84. The van der Waals surface area contributed by atoms with Crippen molar-refractivity contribution in [2.45, 2.75) is 110 Å². The van der Waals surface area contributed by atoms with E-state index < -0.39 is 0 Å². The van der Waals surface area contributed by atoms with Crippen LogP contribution >= 0.6 is 0 Å². The maximum Gasteiger partial charge on any atom is 0.308 e. The van der Waals surface area contributed by atoms with Crippen LogP contribution < -0.4 is 29.7 Å². The Morgan fingerprint density at radius 2 is 1.17 bits per heavy atom. The summed E-state index contributed by atoms with van der Waals surface area (Å²) in [5.41, 5.74) is 5.72. The number of hydrogen-bond donors (Lipinski definition) is 1. The number of hydrogen-bond acceptors (Lipinski definition) is 8. The van der Waals surface area contributed by atoms with Gasteiger partial charge in [-0.3, -0.25) is 24.1 Å². The lowest BCUT2D eigenvalue weighted by Gasteiger charge is -2.37. The number of carbonyl (C=O) groups is 4. The van der Waals surface area contributed by atoms with Crippen molar-refractivity contribution in [2.24, 2.45) is 17.6 Å². The summed E-state index contributed by atoms with van der Waals surface area (Å²) < 4.78 is 11.1. The fourth-order valence-electron chi connectivity index (χ4n) is 6.03. The number of rotatable bonds is 6. The van der Waals surface area contributed by atoms with E-state index in [9.17, 15) is 19.2 Å². The average molecular weight is 694 g/mol. The van der Waals surface area contributed by atoms with Crippen LogP contribution in [0.15, 0.2) is 0 Å². The summed E-state index contributed by atoms with van der Waals surface area (Å²) in [7, 11) is 2.23. The number of esters is 2. The molecular formula is C31H56IN3O6. The lowest BCUT2D eigenvalue weighted by Crippen LogP contribution is -3.00. The molecule has 0 aromatic heterocycles. The third kappa shape index (κ3) is 13.8. The van der Waals surface area contributed by atoms with Crippen molar-refractivity contribution in [3.05, 3.63) is 0 Å². The Bertz CT molecular complexity index is 790. The Hall–Kier alpha value is -1.11. The Labute approximate surface area is 265 Å². The van der Waals surface area contributed by atoms with Crippen LogP contribution in [0.1, 0.15) is 97.8 Å². The molecule has 41 heavy (non-hydrogen) atoms. The van der Waals surface area contributed by atoms with E-state index in [2.05, 4.69) is 18.9 Å². The number of piperidine rings is 2. The van der Waals surface area contributed by atoms with Crippen LogP contribution in [0.2, 0.25) is 0 Å². The summed E-state index contributed by atoms with van der Waals surface area (Å²) in [6, 6.07) is 0.874. The Balaban J connectivity index is 0.000000320. The number of nitrogens with two attached hydrogens (primary N) is 1. The highest BCUT2D eigenvalue weighted by atomic mass is 127. The summed E-state index contributed by atoms with van der Waals surface area (Å²) >= 11 is 0. The van der Waals surface area contributed by atoms with Crippen molar-refractivity contribution in [3.8, 4) is 0 Å². The first kappa shape index (κ1) is 37.9. The molecule has 0 amide bonds. The number of carbonyl (C=O) groups excluding carboxylic acids is 4. The largest absolute Gasteiger partial charge is 1.00 e. The Kier molecular flexibility index (Phi) is 18.5. The third-order valence-corrected chi connectivity index (χ3v) is 9.20. The van der Waals surface area contributed by atoms with Crippen molar-refractivity contribution in [2.75, 3.05) is 53.0 Å². The maximum absolute atomic E-state index is 11.6. The minimum Gasteiger partial charge on any atom is -1.00 e. The van der Waals surface area contributed by atoms with Gasteiger partial charge in [-0.2, -0.15) is 0 Å². The van der Waals surface area contributed by atoms with Crippen LogP contribution in [-0.2, 0) is 28.7 Å². The molecule has 2 aliphatic carbocycles. The first-order chi connectivity index (χ1) is 19.1. The van der Waals surface area contributed by atoms with Crippen LogP contribution in [0.5, 0.6) is 0 Å². The SMILES string of the molecule is CCOC(=O)C1CCC(N)CC1.CCOC(=O)C1CCC(N2CCC(=O)CC2)CC1.CC[N+]1(C)CCC(=O)CC1.[I-]. The van der Waals surface area contributed by atoms with E-state index in [-0.39, 0.29) is 47.8 Å². The minimum absolute atomic E-state index is 0. The van der Waals surface area contributed by atoms with Crippen molar-refractivity contribution >= 4 is 23.5 Å². The Morgan fingerprint density at radius 3 is 1.59 bits per heavy atom. The number of ether oxygens (including phenoxy) is 2. The molecule has 0 aromatic carbocycles. The van der Waals surface area contributed by atoms with Crippen LogP contribution in [0.4, 0.5) is 0 Å². The molecular weight excluding hydrogens is 637 g/mol. The van der Waals surface area contributed by atoms with Gasteiger partial charge in [0.15, 0.2) is 0 Å². The van der Waals surface area contributed by atoms with E-state index in [0.717, 1.165) is 101 Å². The zero-order valence-corrected chi connectivity index (χ0v) is 28.2. The van der Waals surface area contributed by atoms with Gasteiger partial charge in [0.2, 0.25) is 0 Å². The maximum atomic E-state index is 11.6. The van der Waals surface area contributed by atoms with Crippen molar-refractivity contribution in [1.82, 2.24) is 4.90 Å². The van der Waals surface area contributed by atoms with Crippen LogP contribution in [0.25, 0.3) is 0 Å². The second kappa shape index (κ2) is 20.0. The van der Waals surface area contributed by atoms with E-state index in [0.29, 0.717) is 49.7 Å². The summed E-state index contributed by atoms with van der Waals surface area (Å²) in [6.45, 7) is 11.9. The molecule has 2 saturated carbocycles. The number of ketones is 2. The molecule has 0 aromatic rings. The summed E-state index contributed by atoms with van der Waals surface area (Å²) in [5.74, 6) is 1.00. The van der Waals surface area contributed by atoms with Crippen LogP contribution in [0, 0.1) is 11.8 Å². The smallest absolute Gasteiger partial charge is 0.308 e. The van der Waals surface area contributed by atoms with E-state index in [1.807, 2.05) is 13.8 Å². The number of quaternary nitrogens is 1. The van der Waals surface area contributed by atoms with Gasteiger partial charge in [0.25, 0.3) is 0 Å². The number of halogens is 1. The second-order valence-corrected chi connectivity index (χ2v) is 12.1. The van der Waals surface area contributed by atoms with Gasteiger partial charge in [0, 0.05) is 38.0 Å². The fourth-order valence-corrected chi connectivity index (χ4v) is 6.03. The van der Waals surface area contributed by atoms with Crippen LogP contribution in [0.3, 0.4) is 0 Å². The van der Waals surface area contributed by atoms with Gasteiger partial charge >= 0.3 is 11.9 Å². The predicted octanol–water partition coefficient (Wildman–Crippen LogP) is 0.660. The molecule has 2 N–H and O–H groups in total. The molecule has 2 saturated heterocycles. The number of Topliss-reactive ketones (excluding diaryl/α,β-unsaturated/α-hetero) is 2. The fraction of sp³-hybridized carbons (Fsp3) is 0.871. The molecule has 0 spiro atoms. The highest BCUT2D eigenvalue weighted by Crippen LogP contribution is 2.29. The highest BCUT2D eigenvalue weighted by Gasteiger charge is 2.31. The molecule has 10 heteroatoms. The van der Waals surface area contributed by atoms with Gasteiger partial charge in [-0.1, -0.05) is 0 Å². The number of nitrogens with zero attached hydrogens (tertiary/aromatic N) is 2. The summed E-state index contributed by atoms with van der Waals surface area (Å²) in [6.07, 6.45) is 10.7. The van der Waals surface area contributed by atoms with Gasteiger partial charge in [0.05, 0.1) is 64.6 Å². The van der Waals surface area contributed by atoms with Gasteiger partial charge in [0.1, 0.15) is 11.6 Å². The van der Waals surface area contributed by atoms with E-state index in [4.69, 9.17) is 15.2 Å². The summed E-state index contributed by atoms with van der Waals surface area (Å²) in [5, 5.41) is 0. The molecule has 4 aliphatic rings. The molecule has 0 radical (unpaired) electrons. The van der Waals surface area contributed by atoms with E-state index in [1.54, 1.807) is 0 Å². The molecule has 2 heterocycles. The van der Waals surface area contributed by atoms with Gasteiger partial charge < -0.3 is 43.7 Å². The first-order valence-corrected chi connectivity index (χ1v) is 15.8. The summed E-state index contributed by atoms with van der Waals surface area (Å²) in [4.78, 5) is 47.4. The molecule has 2 aliphatic heterocycles. The number of likely N-dealkylation sites (tertiary alicyclic amines) is 2. The van der Waals surface area contributed by atoms with Crippen molar-refractivity contribution in [1.29, 1.82) is 0 Å². The van der Waals surface area contributed by atoms with Crippen molar-refractivity contribution < 1.29 is 57.1 Å². The van der Waals surface area contributed by atoms with E-state index >= 15 is 0 Å². The average Bonchev–Trinajstić information content (AvgIpc) is 2.97. The van der Waals surface area contributed by atoms with Gasteiger partial charge in [-0.15, -0.1) is 0 Å². The monoisotopic (exact) mass is 693 g/mol. The van der Waals surface area contributed by atoms with Gasteiger partial charge in [-0.25, -0.2) is 0 Å². The quantitative estimate of drug-likeness (QED) is 0.245. The zero-order chi connectivity index (χ0) is 29.5. The van der Waals surface area contributed by atoms with E-state index in [1.165, 1.54) is 0 Å². The standard InChI is InChI=1S/C14H23NO3.C9H17NO2.C8H16NO.HI/c1-2-18-14(17)11-3-5-12(6-4-11)15-9-7-13(16)8-10-15;1-2-12-9(11)7-3-5-8(10)6-4-7;1-3-9(2)6-4-8(10)5-7-9;/h11-12H,2-10H2,1H3;7-8H,2-6,10H2,1H3;3-7H2,1-2H3;1H/q;;+1;/p-1. The van der Waals surface area contributed by atoms with Crippen LogP contribution in [-0.4, -0.2) is 98.0 Å². The van der Waals surface area contributed by atoms with Gasteiger partial charge in [-0.05, 0) is 72.1 Å². The predicted molar refractivity (Wildman–Crippen MR) is 155 cm³/mol. The molecule has 0 atom stereocenters.